The summed E-state index contributed by atoms with van der Waals surface area (Å²) in [7, 11) is 0. The van der Waals surface area contributed by atoms with Crippen molar-refractivity contribution in [2.24, 2.45) is 5.92 Å². The van der Waals surface area contributed by atoms with Crippen molar-refractivity contribution in [3.05, 3.63) is 0 Å². The Bertz CT molecular complexity index is 284. The Morgan fingerprint density at radius 3 is 2.37 bits per heavy atom. The van der Waals surface area contributed by atoms with Gasteiger partial charge >= 0.3 is 12.0 Å². The van der Waals surface area contributed by atoms with Crippen LogP contribution in [0.15, 0.2) is 0 Å². The Morgan fingerprint density at radius 1 is 1.32 bits per heavy atom. The van der Waals surface area contributed by atoms with Gasteiger partial charge in [-0.15, -0.1) is 0 Å². The number of carbonyl (C=O) groups excluding carboxylic acids is 1. The van der Waals surface area contributed by atoms with Crippen molar-refractivity contribution in [1.82, 2.24) is 10.2 Å². The summed E-state index contributed by atoms with van der Waals surface area (Å²) < 4.78 is 5.20. The summed E-state index contributed by atoms with van der Waals surface area (Å²) in [5.74, 6) is -1.10. The highest BCUT2D eigenvalue weighted by Gasteiger charge is 2.26. The molecule has 6 nitrogen and oxygen atoms in total. The molecular weight excluding hydrogens is 248 g/mol. The first kappa shape index (κ1) is 17.7. The number of likely N-dealkylation sites (N-methyl/N-ethyl adjacent to an activating group) is 1. The summed E-state index contributed by atoms with van der Waals surface area (Å²) in [6, 6.07) is -1.20. The zero-order chi connectivity index (χ0) is 14.8. The molecule has 0 radical (unpaired) electrons. The molecule has 2 atom stereocenters. The molecule has 0 aromatic heterocycles. The minimum atomic E-state index is -0.997. The first-order valence-electron chi connectivity index (χ1n) is 6.83. The lowest BCUT2D eigenvalue weighted by Gasteiger charge is -2.26. The summed E-state index contributed by atoms with van der Waals surface area (Å²) in [6.45, 7) is 9.50. The van der Waals surface area contributed by atoms with E-state index in [-0.39, 0.29) is 11.9 Å². The van der Waals surface area contributed by atoms with Crippen molar-refractivity contribution in [2.45, 2.75) is 40.2 Å². The quantitative estimate of drug-likeness (QED) is 0.625. The smallest absolute Gasteiger partial charge is 0.326 e. The van der Waals surface area contributed by atoms with Crippen LogP contribution in [0.3, 0.4) is 0 Å². The van der Waals surface area contributed by atoms with Gasteiger partial charge in [-0.25, -0.2) is 9.59 Å². The van der Waals surface area contributed by atoms with E-state index < -0.39 is 12.0 Å². The summed E-state index contributed by atoms with van der Waals surface area (Å²) in [5, 5.41) is 11.7. The number of hydrogen-bond acceptors (Lipinski definition) is 3. The van der Waals surface area contributed by atoms with Crippen molar-refractivity contribution >= 4 is 12.0 Å². The first-order valence-corrected chi connectivity index (χ1v) is 6.83. The second kappa shape index (κ2) is 9.61. The van der Waals surface area contributed by atoms with Crippen LogP contribution in [-0.2, 0) is 9.53 Å². The van der Waals surface area contributed by atoms with Crippen LogP contribution < -0.4 is 5.32 Å². The molecule has 0 aliphatic heterocycles. The molecule has 2 amide bonds. The predicted molar refractivity (Wildman–Crippen MR) is 73.2 cm³/mol. The lowest BCUT2D eigenvalue weighted by Crippen LogP contribution is -2.51. The standard InChI is InChI=1S/C13H26N2O4/c1-5-10(4)11(12(16)17)14-13(18)15(6-2)8-9-19-7-3/h10-11H,5-9H2,1-4H3,(H,14,18)(H,16,17)/t10?,11-/m0/s1. The van der Waals surface area contributed by atoms with E-state index in [1.807, 2.05) is 27.7 Å². The highest BCUT2D eigenvalue weighted by molar-refractivity contribution is 5.82. The number of carboxylic acid groups (broad SMARTS) is 1. The van der Waals surface area contributed by atoms with Crippen LogP contribution in [0.4, 0.5) is 4.79 Å². The molecule has 0 aromatic carbocycles. The Hall–Kier alpha value is -1.30. The number of rotatable bonds is 9. The van der Waals surface area contributed by atoms with Gasteiger partial charge < -0.3 is 20.1 Å². The summed E-state index contributed by atoms with van der Waals surface area (Å²) in [6.07, 6.45) is 0.697. The summed E-state index contributed by atoms with van der Waals surface area (Å²) >= 11 is 0. The van der Waals surface area contributed by atoms with E-state index in [1.165, 1.54) is 0 Å². The van der Waals surface area contributed by atoms with Crippen LogP contribution >= 0.6 is 0 Å². The van der Waals surface area contributed by atoms with Gasteiger partial charge in [-0.3, -0.25) is 0 Å². The van der Waals surface area contributed by atoms with Gasteiger partial charge in [0, 0.05) is 19.7 Å². The van der Waals surface area contributed by atoms with E-state index in [9.17, 15) is 9.59 Å². The van der Waals surface area contributed by atoms with Gasteiger partial charge in [0.15, 0.2) is 0 Å². The van der Waals surface area contributed by atoms with Crippen molar-refractivity contribution in [1.29, 1.82) is 0 Å². The number of nitrogens with zero attached hydrogens (tertiary/aromatic N) is 1. The minimum Gasteiger partial charge on any atom is -0.480 e. The molecule has 112 valence electrons. The molecule has 0 aliphatic carbocycles. The molecule has 0 bridgehead atoms. The highest BCUT2D eigenvalue weighted by atomic mass is 16.5. The fourth-order valence-electron chi connectivity index (χ4n) is 1.63. The Balaban J connectivity index is 4.46. The second-order valence-corrected chi connectivity index (χ2v) is 4.43. The molecular formula is C13H26N2O4. The van der Waals surface area contributed by atoms with E-state index >= 15 is 0 Å². The first-order chi connectivity index (χ1) is 8.97. The van der Waals surface area contributed by atoms with Gasteiger partial charge in [-0.2, -0.15) is 0 Å². The molecule has 0 aromatic rings. The molecule has 2 N–H and O–H groups in total. The van der Waals surface area contributed by atoms with Crippen LogP contribution in [0, 0.1) is 5.92 Å². The van der Waals surface area contributed by atoms with Crippen molar-refractivity contribution in [2.75, 3.05) is 26.3 Å². The summed E-state index contributed by atoms with van der Waals surface area (Å²) in [4.78, 5) is 24.7. The lowest BCUT2D eigenvalue weighted by atomic mass is 9.99. The van der Waals surface area contributed by atoms with Gasteiger partial charge in [0.25, 0.3) is 0 Å². The highest BCUT2D eigenvalue weighted by Crippen LogP contribution is 2.08. The molecule has 0 saturated carbocycles. The zero-order valence-corrected chi connectivity index (χ0v) is 12.3. The molecule has 0 fully saturated rings. The third-order valence-corrected chi connectivity index (χ3v) is 3.14. The van der Waals surface area contributed by atoms with Crippen LogP contribution in [0.2, 0.25) is 0 Å². The van der Waals surface area contributed by atoms with Crippen molar-refractivity contribution in [3.8, 4) is 0 Å². The molecule has 0 aliphatic rings. The summed E-state index contributed by atoms with van der Waals surface area (Å²) in [5.41, 5.74) is 0. The number of carbonyl (C=O) groups is 2. The topological polar surface area (TPSA) is 78.9 Å². The average Bonchev–Trinajstić information content (AvgIpc) is 2.39. The molecule has 6 heteroatoms. The predicted octanol–water partition coefficient (Wildman–Crippen LogP) is 1.55. The second-order valence-electron chi connectivity index (χ2n) is 4.43. The SMILES string of the molecule is CCOCCN(CC)C(=O)N[C@H](C(=O)O)C(C)CC. The van der Waals surface area contributed by atoms with Crippen LogP contribution in [0.1, 0.15) is 34.1 Å². The third-order valence-electron chi connectivity index (χ3n) is 3.14. The van der Waals surface area contributed by atoms with E-state index in [0.29, 0.717) is 32.7 Å². The maximum Gasteiger partial charge on any atom is 0.326 e. The number of ether oxygens (including phenoxy) is 1. The number of urea groups is 1. The normalized spacial score (nSPS) is 13.7. The van der Waals surface area contributed by atoms with E-state index in [2.05, 4.69) is 5.32 Å². The Morgan fingerprint density at radius 2 is 1.95 bits per heavy atom. The zero-order valence-electron chi connectivity index (χ0n) is 12.3. The van der Waals surface area contributed by atoms with E-state index in [4.69, 9.17) is 9.84 Å². The number of aliphatic carboxylic acids is 1. The van der Waals surface area contributed by atoms with Gasteiger partial charge in [0.1, 0.15) is 6.04 Å². The number of hydrogen-bond donors (Lipinski definition) is 2. The molecule has 19 heavy (non-hydrogen) atoms. The van der Waals surface area contributed by atoms with Crippen LogP contribution in [0.25, 0.3) is 0 Å². The van der Waals surface area contributed by atoms with Crippen molar-refractivity contribution < 1.29 is 19.4 Å². The minimum absolute atomic E-state index is 0.105. The largest absolute Gasteiger partial charge is 0.480 e. The number of carboxylic acids is 1. The van der Waals surface area contributed by atoms with E-state index in [0.717, 1.165) is 0 Å². The molecule has 0 rings (SSSR count). The Kier molecular flexibility index (Phi) is 8.95. The van der Waals surface area contributed by atoms with Gasteiger partial charge in [-0.1, -0.05) is 20.3 Å². The van der Waals surface area contributed by atoms with Gasteiger partial charge in [0.2, 0.25) is 0 Å². The maximum absolute atomic E-state index is 12.0. The average molecular weight is 274 g/mol. The monoisotopic (exact) mass is 274 g/mol. The molecule has 0 heterocycles. The third kappa shape index (κ3) is 6.42. The molecule has 0 spiro atoms. The van der Waals surface area contributed by atoms with Crippen molar-refractivity contribution in [3.63, 3.8) is 0 Å². The fraction of sp³-hybridized carbons (Fsp3) is 0.846. The van der Waals surface area contributed by atoms with Gasteiger partial charge in [0.05, 0.1) is 6.61 Å². The Labute approximate surface area is 115 Å². The fourth-order valence-corrected chi connectivity index (χ4v) is 1.63. The number of amides is 2. The van der Waals surface area contributed by atoms with Gasteiger partial charge in [-0.05, 0) is 19.8 Å². The van der Waals surface area contributed by atoms with Crippen LogP contribution in [0.5, 0.6) is 0 Å². The molecule has 0 saturated heterocycles. The van der Waals surface area contributed by atoms with Crippen LogP contribution in [-0.4, -0.2) is 54.4 Å². The maximum atomic E-state index is 12.0. The lowest BCUT2D eigenvalue weighted by molar-refractivity contribution is -0.140. The number of nitrogens with one attached hydrogen (secondary N) is 1. The van der Waals surface area contributed by atoms with E-state index in [1.54, 1.807) is 4.90 Å². The molecule has 1 unspecified atom stereocenters.